The summed E-state index contributed by atoms with van der Waals surface area (Å²) in [6.45, 7) is -1.49. The maximum atomic E-state index is 13.5. The minimum absolute atomic E-state index is 0.0293. The van der Waals surface area contributed by atoms with Gasteiger partial charge in [-0.2, -0.15) is 21.6 Å². The van der Waals surface area contributed by atoms with E-state index in [0.717, 1.165) is 0 Å². The van der Waals surface area contributed by atoms with Gasteiger partial charge in [0.25, 0.3) is 0 Å². The van der Waals surface area contributed by atoms with Gasteiger partial charge in [-0.05, 0) is 48.5 Å². The van der Waals surface area contributed by atoms with Gasteiger partial charge in [-0.3, -0.25) is 4.18 Å². The molecule has 4 aromatic carbocycles. The highest BCUT2D eigenvalue weighted by Gasteiger charge is 2.56. The molecule has 0 spiro atoms. The third kappa shape index (κ3) is 9.16. The molecule has 1 aliphatic rings. The van der Waals surface area contributed by atoms with Crippen LogP contribution < -0.4 is 0 Å². The molecule has 1 heterocycles. The fourth-order valence-electron chi connectivity index (χ4n) is 4.78. The predicted molar refractivity (Wildman–Crippen MR) is 168 cm³/mol. The first kappa shape index (κ1) is 36.7. The van der Waals surface area contributed by atoms with Gasteiger partial charge < -0.3 is 23.7 Å². The van der Waals surface area contributed by atoms with Crippen LogP contribution in [0.15, 0.2) is 121 Å². The third-order valence-electron chi connectivity index (χ3n) is 7.25. The molecule has 0 aliphatic carbocycles. The van der Waals surface area contributed by atoms with Gasteiger partial charge in [-0.25, -0.2) is 19.2 Å². The topological polar surface area (TPSA) is 158 Å². The first-order valence-electron chi connectivity index (χ1n) is 15.0. The second kappa shape index (κ2) is 16.0. The van der Waals surface area contributed by atoms with Gasteiger partial charge >= 0.3 is 39.5 Å². The summed E-state index contributed by atoms with van der Waals surface area (Å²) >= 11 is 0. The summed E-state index contributed by atoms with van der Waals surface area (Å²) in [5.74, 6) is -4.37. The van der Waals surface area contributed by atoms with Gasteiger partial charge in [0.15, 0.2) is 12.2 Å². The summed E-state index contributed by atoms with van der Waals surface area (Å²) in [5, 5.41) is 0. The number of esters is 4. The van der Waals surface area contributed by atoms with Crippen molar-refractivity contribution in [3.63, 3.8) is 0 Å². The fraction of sp³-hybridized carbons (Fsp3) is 0.200. The molecule has 5 rings (SSSR count). The van der Waals surface area contributed by atoms with E-state index in [4.69, 9.17) is 23.7 Å². The Morgan fingerprint density at radius 1 is 0.529 bits per heavy atom. The van der Waals surface area contributed by atoms with E-state index in [2.05, 4.69) is 4.18 Å². The van der Waals surface area contributed by atoms with Crippen molar-refractivity contribution in [3.8, 4) is 0 Å². The van der Waals surface area contributed by atoms with E-state index in [1.54, 1.807) is 24.3 Å². The largest absolute Gasteiger partial charge is 0.523 e. The Morgan fingerprint density at radius 3 is 1.24 bits per heavy atom. The summed E-state index contributed by atoms with van der Waals surface area (Å²) in [4.78, 5) is 53.5. The van der Waals surface area contributed by atoms with E-state index in [9.17, 15) is 40.8 Å². The van der Waals surface area contributed by atoms with Gasteiger partial charge in [0.2, 0.25) is 12.4 Å². The Labute approximate surface area is 288 Å². The quantitative estimate of drug-likeness (QED) is 0.0871. The molecule has 266 valence electrons. The lowest BCUT2D eigenvalue weighted by Gasteiger charge is -2.44. The smallest absolute Gasteiger partial charge is 0.452 e. The predicted octanol–water partition coefficient (Wildman–Crippen LogP) is 5.11. The highest BCUT2D eigenvalue weighted by atomic mass is 32.2. The van der Waals surface area contributed by atoms with Crippen molar-refractivity contribution in [1.82, 2.24) is 0 Å². The van der Waals surface area contributed by atoms with Crippen LogP contribution in [0.1, 0.15) is 41.4 Å². The average molecular weight is 729 g/mol. The minimum atomic E-state index is -6.26. The summed E-state index contributed by atoms with van der Waals surface area (Å²) in [6, 6.07) is 29.1. The minimum Gasteiger partial charge on any atom is -0.452 e. The first-order valence-corrected chi connectivity index (χ1v) is 16.4. The van der Waals surface area contributed by atoms with Crippen LogP contribution in [0.4, 0.5) is 13.2 Å². The van der Waals surface area contributed by atoms with Crippen molar-refractivity contribution in [2.75, 3.05) is 6.61 Å². The zero-order chi connectivity index (χ0) is 36.6. The van der Waals surface area contributed by atoms with Crippen molar-refractivity contribution < 1.29 is 68.6 Å². The lowest BCUT2D eigenvalue weighted by atomic mass is 9.97. The summed E-state index contributed by atoms with van der Waals surface area (Å²) < 4.78 is 96.4. The second-order valence-electron chi connectivity index (χ2n) is 10.7. The normalized spacial score (nSPS) is 20.4. The highest BCUT2D eigenvalue weighted by Crippen LogP contribution is 2.33. The Morgan fingerprint density at radius 2 is 0.863 bits per heavy atom. The number of benzene rings is 4. The molecule has 1 fully saturated rings. The first-order chi connectivity index (χ1) is 24.3. The molecule has 51 heavy (non-hydrogen) atoms. The molecular weight excluding hydrogens is 701 g/mol. The maximum absolute atomic E-state index is 13.5. The molecule has 0 amide bonds. The van der Waals surface area contributed by atoms with Gasteiger partial charge in [0, 0.05) is 0 Å². The van der Waals surface area contributed by atoms with Crippen LogP contribution in [0.2, 0.25) is 0 Å². The summed E-state index contributed by atoms with van der Waals surface area (Å²) in [7, 11) is -6.26. The zero-order valence-corrected chi connectivity index (χ0v) is 26.9. The molecule has 0 aromatic heterocycles. The van der Waals surface area contributed by atoms with Crippen LogP contribution in [0.25, 0.3) is 0 Å². The summed E-state index contributed by atoms with van der Waals surface area (Å²) in [6.07, 6.45) is -10.2. The Balaban J connectivity index is 1.61. The van der Waals surface area contributed by atoms with Crippen LogP contribution in [-0.4, -0.2) is 75.1 Å². The SMILES string of the molecule is O=C(O[C@@H]1O[C@H](COS(=O)(=O)C(F)(F)F)[C@@H](OC(=O)c2ccccc2)[C@@H](OC(=O)c2ccccc2)[C@H]1OC(=O)c1ccccc1)c1ccccc1. The molecule has 0 saturated carbocycles. The number of hydrogen-bond donors (Lipinski definition) is 0. The molecule has 0 unspecified atom stereocenters. The number of alkyl halides is 3. The van der Waals surface area contributed by atoms with Gasteiger partial charge in [0.1, 0.15) is 6.10 Å². The maximum Gasteiger partial charge on any atom is 0.523 e. The van der Waals surface area contributed by atoms with Gasteiger partial charge in [-0.15, -0.1) is 0 Å². The van der Waals surface area contributed by atoms with E-state index in [1.165, 1.54) is 97.1 Å². The number of rotatable bonds is 11. The molecule has 1 aliphatic heterocycles. The molecule has 0 bridgehead atoms. The molecular formula is C35H27F3O12S. The number of hydrogen-bond acceptors (Lipinski definition) is 12. The lowest BCUT2D eigenvalue weighted by molar-refractivity contribution is -0.282. The molecule has 12 nitrogen and oxygen atoms in total. The molecule has 4 aromatic rings. The highest BCUT2D eigenvalue weighted by molar-refractivity contribution is 7.87. The van der Waals surface area contributed by atoms with Crippen molar-refractivity contribution in [3.05, 3.63) is 144 Å². The van der Waals surface area contributed by atoms with Crippen LogP contribution in [0.3, 0.4) is 0 Å². The lowest BCUT2D eigenvalue weighted by Crippen LogP contribution is -2.63. The number of carbonyl (C=O) groups excluding carboxylic acids is 4. The molecule has 0 radical (unpaired) electrons. The monoisotopic (exact) mass is 728 g/mol. The van der Waals surface area contributed by atoms with Crippen molar-refractivity contribution in [2.24, 2.45) is 0 Å². The van der Waals surface area contributed by atoms with Gasteiger partial charge in [-0.1, -0.05) is 72.8 Å². The average Bonchev–Trinajstić information content (AvgIpc) is 3.13. The number of halogens is 3. The molecule has 0 N–H and O–H groups in total. The number of ether oxygens (including phenoxy) is 5. The van der Waals surface area contributed by atoms with E-state index in [0.29, 0.717) is 0 Å². The van der Waals surface area contributed by atoms with Crippen LogP contribution in [0.5, 0.6) is 0 Å². The van der Waals surface area contributed by atoms with Crippen LogP contribution >= 0.6 is 0 Å². The second-order valence-corrected chi connectivity index (χ2v) is 12.3. The fourth-order valence-corrected chi connectivity index (χ4v) is 5.22. The van der Waals surface area contributed by atoms with E-state index in [1.807, 2.05) is 0 Å². The standard InChI is InChI=1S/C35H27F3O12S/c36-35(37,38)51(43,44)45-21-26-27(47-30(39)22-13-5-1-6-14-22)28(48-31(40)23-15-7-2-8-16-23)29(49-32(41)24-17-9-3-10-18-24)34(46-26)50-33(42)25-19-11-4-12-20-25/h1-20,26-29,34H,21H2/t26-,27-,28-,29-,34+/m1/s1. The van der Waals surface area contributed by atoms with Crippen LogP contribution in [-0.2, 0) is 38.0 Å². The Hall–Kier alpha value is -5.58. The molecule has 16 heteroatoms. The van der Waals surface area contributed by atoms with E-state index < -0.39 is 76.8 Å². The van der Waals surface area contributed by atoms with Crippen molar-refractivity contribution in [1.29, 1.82) is 0 Å². The van der Waals surface area contributed by atoms with E-state index in [-0.39, 0.29) is 22.3 Å². The third-order valence-corrected chi connectivity index (χ3v) is 8.27. The Bertz CT molecular complexity index is 1930. The molecule has 5 atom stereocenters. The van der Waals surface area contributed by atoms with Crippen LogP contribution in [0, 0.1) is 0 Å². The van der Waals surface area contributed by atoms with Crippen molar-refractivity contribution in [2.45, 2.75) is 36.2 Å². The number of carbonyl (C=O) groups is 4. The van der Waals surface area contributed by atoms with Gasteiger partial charge in [0.05, 0.1) is 28.9 Å². The zero-order valence-electron chi connectivity index (χ0n) is 26.1. The Kier molecular flexibility index (Phi) is 11.5. The van der Waals surface area contributed by atoms with E-state index >= 15 is 0 Å². The molecule has 1 saturated heterocycles. The van der Waals surface area contributed by atoms with Crippen molar-refractivity contribution >= 4 is 34.0 Å². The summed E-state index contributed by atoms with van der Waals surface area (Å²) in [5.41, 5.74) is -6.08.